The Kier molecular flexibility index (Phi) is 2.47. The molecule has 2 heterocycles. The molecule has 0 radical (unpaired) electrons. The van der Waals surface area contributed by atoms with Gasteiger partial charge in [0.2, 0.25) is 0 Å². The van der Waals surface area contributed by atoms with E-state index in [-0.39, 0.29) is 11.5 Å². The second-order valence-corrected chi connectivity index (χ2v) is 5.58. The lowest BCUT2D eigenvalue weighted by atomic mass is 9.85. The van der Waals surface area contributed by atoms with E-state index >= 15 is 0 Å². The largest absolute Gasteiger partial charge is 0.379 e. The molecule has 1 aliphatic heterocycles. The molecular weight excluding hydrogens is 226 g/mol. The van der Waals surface area contributed by atoms with Gasteiger partial charge in [-0.25, -0.2) is 4.98 Å². The second-order valence-electron chi connectivity index (χ2n) is 5.58. The first-order valence-electron chi connectivity index (χ1n) is 6.31. The minimum Gasteiger partial charge on any atom is -0.379 e. The van der Waals surface area contributed by atoms with Gasteiger partial charge in [0.15, 0.2) is 0 Å². The van der Waals surface area contributed by atoms with Gasteiger partial charge in [-0.3, -0.25) is 0 Å². The van der Waals surface area contributed by atoms with E-state index in [9.17, 15) is 0 Å². The smallest absolute Gasteiger partial charge is 0.117 e. The van der Waals surface area contributed by atoms with E-state index in [2.05, 4.69) is 37.9 Å². The van der Waals surface area contributed by atoms with Gasteiger partial charge in [-0.05, 0) is 44.0 Å². The highest BCUT2D eigenvalue weighted by Gasteiger charge is 2.41. The number of H-pyrrole nitrogens is 1. The van der Waals surface area contributed by atoms with Crippen molar-refractivity contribution < 1.29 is 4.74 Å². The molecule has 2 atom stereocenters. The molecule has 1 saturated heterocycles. The summed E-state index contributed by atoms with van der Waals surface area (Å²) in [7, 11) is 0. The highest BCUT2D eigenvalue weighted by atomic mass is 16.5. The first-order chi connectivity index (χ1) is 8.50. The molecule has 2 unspecified atom stereocenters. The number of imidazole rings is 1. The van der Waals surface area contributed by atoms with Gasteiger partial charge in [-0.1, -0.05) is 0 Å². The number of rotatable bonds is 1. The van der Waals surface area contributed by atoms with Crippen molar-refractivity contribution in [1.29, 1.82) is 0 Å². The summed E-state index contributed by atoms with van der Waals surface area (Å²) in [5.41, 5.74) is 10.6. The van der Waals surface area contributed by atoms with Crippen LogP contribution in [0.1, 0.15) is 23.9 Å². The number of fused-ring (bicyclic) bond motifs is 1. The molecule has 1 aliphatic rings. The van der Waals surface area contributed by atoms with Crippen LogP contribution < -0.4 is 5.73 Å². The zero-order chi connectivity index (χ0) is 12.9. The van der Waals surface area contributed by atoms with Gasteiger partial charge in [-0.2, -0.15) is 0 Å². The van der Waals surface area contributed by atoms with E-state index in [4.69, 9.17) is 15.5 Å². The number of nitrogens with two attached hydrogens (primary N) is 1. The van der Waals surface area contributed by atoms with Gasteiger partial charge in [0.1, 0.15) is 5.82 Å². The average Bonchev–Trinajstić information content (AvgIpc) is 2.86. The Bertz CT molecular complexity index is 565. The fraction of sp³-hybridized carbons (Fsp3) is 0.500. The Balaban J connectivity index is 2.14. The third-order valence-electron chi connectivity index (χ3n) is 4.16. The third-order valence-corrected chi connectivity index (χ3v) is 4.16. The van der Waals surface area contributed by atoms with Crippen molar-refractivity contribution in [1.82, 2.24) is 9.97 Å². The molecule has 0 spiro atoms. The van der Waals surface area contributed by atoms with Crippen LogP contribution in [-0.2, 0) is 10.2 Å². The van der Waals surface area contributed by atoms with Gasteiger partial charge in [-0.15, -0.1) is 0 Å². The van der Waals surface area contributed by atoms with Gasteiger partial charge >= 0.3 is 0 Å². The van der Waals surface area contributed by atoms with Crippen molar-refractivity contribution in [2.75, 3.05) is 13.2 Å². The van der Waals surface area contributed by atoms with Crippen LogP contribution in [0.5, 0.6) is 0 Å². The molecule has 1 aromatic heterocycles. The second kappa shape index (κ2) is 3.80. The molecule has 3 rings (SSSR count). The molecule has 3 N–H and O–H groups in total. The van der Waals surface area contributed by atoms with Crippen LogP contribution in [0.4, 0.5) is 0 Å². The molecule has 96 valence electrons. The summed E-state index contributed by atoms with van der Waals surface area (Å²) in [6.45, 7) is 7.57. The predicted octanol–water partition coefficient (Wildman–Crippen LogP) is 1.79. The Labute approximate surface area is 107 Å². The van der Waals surface area contributed by atoms with E-state index in [1.165, 1.54) is 11.1 Å². The van der Waals surface area contributed by atoms with Gasteiger partial charge < -0.3 is 15.5 Å². The monoisotopic (exact) mass is 245 g/mol. The number of aryl methyl sites for hydroxylation is 2. The molecule has 0 bridgehead atoms. The quantitative estimate of drug-likeness (QED) is 0.805. The van der Waals surface area contributed by atoms with Crippen LogP contribution in [0, 0.1) is 13.8 Å². The SMILES string of the molecule is Cc1cc2nc(C3(C)COCC3N)[nH]c2cc1C. The number of hydrogen-bond donors (Lipinski definition) is 2. The highest BCUT2D eigenvalue weighted by molar-refractivity contribution is 5.77. The Morgan fingerprint density at radius 3 is 2.78 bits per heavy atom. The number of aromatic amines is 1. The minimum absolute atomic E-state index is 0.000237. The van der Waals surface area contributed by atoms with Gasteiger partial charge in [0.25, 0.3) is 0 Å². The molecule has 2 aromatic rings. The predicted molar refractivity (Wildman–Crippen MR) is 71.7 cm³/mol. The summed E-state index contributed by atoms with van der Waals surface area (Å²) in [4.78, 5) is 8.11. The van der Waals surface area contributed by atoms with Crippen LogP contribution in [0.2, 0.25) is 0 Å². The van der Waals surface area contributed by atoms with Crippen molar-refractivity contribution in [3.05, 3.63) is 29.1 Å². The van der Waals surface area contributed by atoms with E-state index in [1.54, 1.807) is 0 Å². The maximum atomic E-state index is 6.14. The summed E-state index contributed by atoms with van der Waals surface area (Å²) in [5.74, 6) is 0.938. The Morgan fingerprint density at radius 1 is 1.39 bits per heavy atom. The number of hydrogen-bond acceptors (Lipinski definition) is 3. The third kappa shape index (κ3) is 1.56. The molecule has 0 saturated carbocycles. The van der Waals surface area contributed by atoms with Crippen LogP contribution in [0.15, 0.2) is 12.1 Å². The maximum absolute atomic E-state index is 6.14. The topological polar surface area (TPSA) is 63.9 Å². The first-order valence-corrected chi connectivity index (χ1v) is 6.31. The summed E-state index contributed by atoms with van der Waals surface area (Å²) in [6, 6.07) is 4.27. The number of ether oxygens (including phenoxy) is 1. The van der Waals surface area contributed by atoms with E-state index in [0.29, 0.717) is 13.2 Å². The number of benzene rings is 1. The minimum atomic E-state index is -0.208. The fourth-order valence-corrected chi connectivity index (χ4v) is 2.47. The van der Waals surface area contributed by atoms with Crippen molar-refractivity contribution in [3.63, 3.8) is 0 Å². The Morgan fingerprint density at radius 2 is 2.11 bits per heavy atom. The van der Waals surface area contributed by atoms with E-state index in [0.717, 1.165) is 16.9 Å². The molecule has 0 aliphatic carbocycles. The summed E-state index contributed by atoms with van der Waals surface area (Å²) >= 11 is 0. The zero-order valence-corrected chi connectivity index (χ0v) is 11.1. The lowest BCUT2D eigenvalue weighted by molar-refractivity contribution is 0.178. The van der Waals surface area contributed by atoms with Crippen molar-refractivity contribution >= 4 is 11.0 Å². The summed E-state index contributed by atoms with van der Waals surface area (Å²) < 4.78 is 5.49. The lowest BCUT2D eigenvalue weighted by Crippen LogP contribution is -2.42. The van der Waals surface area contributed by atoms with Crippen LogP contribution in [0.3, 0.4) is 0 Å². The summed E-state index contributed by atoms with van der Waals surface area (Å²) in [6.07, 6.45) is 0. The number of nitrogens with zero attached hydrogens (tertiary/aromatic N) is 1. The Hall–Kier alpha value is -1.39. The van der Waals surface area contributed by atoms with Crippen LogP contribution >= 0.6 is 0 Å². The lowest BCUT2D eigenvalue weighted by Gasteiger charge is -2.23. The average molecular weight is 245 g/mol. The molecular formula is C14H19N3O. The maximum Gasteiger partial charge on any atom is 0.117 e. The number of aromatic nitrogens is 2. The van der Waals surface area contributed by atoms with Crippen molar-refractivity contribution in [3.8, 4) is 0 Å². The van der Waals surface area contributed by atoms with E-state index in [1.807, 2.05) is 0 Å². The van der Waals surface area contributed by atoms with Crippen molar-refractivity contribution in [2.45, 2.75) is 32.2 Å². The van der Waals surface area contributed by atoms with Crippen molar-refractivity contribution in [2.24, 2.45) is 5.73 Å². The molecule has 4 heteroatoms. The number of nitrogens with one attached hydrogen (secondary N) is 1. The molecule has 0 amide bonds. The van der Waals surface area contributed by atoms with Crippen LogP contribution in [-0.4, -0.2) is 29.2 Å². The van der Waals surface area contributed by atoms with Crippen LogP contribution in [0.25, 0.3) is 11.0 Å². The van der Waals surface area contributed by atoms with Gasteiger partial charge in [0, 0.05) is 6.04 Å². The molecule has 18 heavy (non-hydrogen) atoms. The fourth-order valence-electron chi connectivity index (χ4n) is 2.47. The van der Waals surface area contributed by atoms with Gasteiger partial charge in [0.05, 0.1) is 29.7 Å². The molecule has 1 aromatic carbocycles. The normalized spacial score (nSPS) is 28.1. The first kappa shape index (κ1) is 11.7. The van der Waals surface area contributed by atoms with E-state index < -0.39 is 0 Å². The standard InChI is InChI=1S/C14H19N3O/c1-8-4-10-11(5-9(8)2)17-13(16-10)14(3)7-18-6-12(14)15/h4-5,12H,6-7,15H2,1-3H3,(H,16,17). The molecule has 4 nitrogen and oxygen atoms in total. The summed E-state index contributed by atoms with van der Waals surface area (Å²) in [5, 5.41) is 0. The highest BCUT2D eigenvalue weighted by Crippen LogP contribution is 2.31. The molecule has 1 fully saturated rings. The zero-order valence-electron chi connectivity index (χ0n) is 11.1.